The van der Waals surface area contributed by atoms with Crippen LogP contribution < -0.4 is 11.1 Å². The summed E-state index contributed by atoms with van der Waals surface area (Å²) in [5.74, 6) is 0.0578. The second-order valence-corrected chi connectivity index (χ2v) is 5.61. The Kier molecular flexibility index (Phi) is 7.19. The van der Waals surface area contributed by atoms with Crippen molar-refractivity contribution in [2.24, 2.45) is 0 Å². The maximum Gasteiger partial charge on any atom is 0.220 e. The average molecular weight is 306 g/mol. The van der Waals surface area contributed by atoms with Crippen molar-refractivity contribution in [1.82, 2.24) is 5.32 Å². The minimum Gasteiger partial charge on any atom is -0.399 e. The highest BCUT2D eigenvalue weighted by molar-refractivity contribution is 5.76. The molecule has 1 amide bonds. The van der Waals surface area contributed by atoms with Crippen LogP contribution in [0.15, 0.2) is 24.3 Å². The molecule has 1 aromatic rings. The topological polar surface area (TPSA) is 73.6 Å². The van der Waals surface area contributed by atoms with Gasteiger partial charge in [-0.15, -0.1) is 0 Å². The first-order valence-corrected chi connectivity index (χ1v) is 8.05. The number of para-hydroxylation sites is 1. The molecule has 5 heteroatoms. The van der Waals surface area contributed by atoms with E-state index in [-0.39, 0.29) is 12.0 Å². The molecule has 1 saturated heterocycles. The molecule has 1 aliphatic rings. The Hall–Kier alpha value is -1.59. The molecule has 0 aliphatic carbocycles. The number of nitrogen functional groups attached to an aromatic ring is 1. The lowest BCUT2D eigenvalue weighted by Crippen LogP contribution is -2.26. The molecule has 1 unspecified atom stereocenters. The molecule has 0 bridgehead atoms. The molecule has 3 N–H and O–H groups in total. The number of nitrogens with one attached hydrogen (secondary N) is 1. The van der Waals surface area contributed by atoms with Crippen molar-refractivity contribution >= 4 is 11.6 Å². The average Bonchev–Trinajstić information content (AvgIpc) is 3.03. The van der Waals surface area contributed by atoms with E-state index >= 15 is 0 Å². The van der Waals surface area contributed by atoms with Crippen LogP contribution in [0.4, 0.5) is 5.69 Å². The molecular weight excluding hydrogens is 280 g/mol. The lowest BCUT2D eigenvalue weighted by molar-refractivity contribution is -0.121. The van der Waals surface area contributed by atoms with Crippen LogP contribution in [0.3, 0.4) is 0 Å². The van der Waals surface area contributed by atoms with E-state index in [4.69, 9.17) is 15.2 Å². The van der Waals surface area contributed by atoms with E-state index in [1.165, 1.54) is 0 Å². The molecule has 1 atom stereocenters. The van der Waals surface area contributed by atoms with Gasteiger partial charge in [0, 0.05) is 31.9 Å². The number of rotatable bonds is 9. The number of hydrogen-bond donors (Lipinski definition) is 2. The van der Waals surface area contributed by atoms with Crippen LogP contribution in [-0.2, 0) is 20.7 Å². The summed E-state index contributed by atoms with van der Waals surface area (Å²) in [6.45, 7) is 2.83. The van der Waals surface area contributed by atoms with Gasteiger partial charge < -0.3 is 20.5 Å². The first-order chi connectivity index (χ1) is 10.8. The van der Waals surface area contributed by atoms with E-state index in [2.05, 4.69) is 5.32 Å². The largest absolute Gasteiger partial charge is 0.399 e. The van der Waals surface area contributed by atoms with Crippen LogP contribution in [0, 0.1) is 0 Å². The lowest BCUT2D eigenvalue weighted by atomic mass is 10.1. The lowest BCUT2D eigenvalue weighted by Gasteiger charge is -2.10. The van der Waals surface area contributed by atoms with Crippen molar-refractivity contribution in [2.75, 3.05) is 32.1 Å². The Labute approximate surface area is 132 Å². The number of ether oxygens (including phenoxy) is 2. The van der Waals surface area contributed by atoms with E-state index in [0.29, 0.717) is 32.6 Å². The Morgan fingerprint density at radius 3 is 3.05 bits per heavy atom. The second kappa shape index (κ2) is 9.43. The fraction of sp³-hybridized carbons (Fsp3) is 0.588. The quantitative estimate of drug-likeness (QED) is 0.540. The maximum absolute atomic E-state index is 11.8. The first-order valence-electron chi connectivity index (χ1n) is 8.05. The van der Waals surface area contributed by atoms with Crippen LogP contribution in [0.5, 0.6) is 0 Å². The van der Waals surface area contributed by atoms with Gasteiger partial charge in [-0.05, 0) is 37.3 Å². The third-order valence-corrected chi connectivity index (χ3v) is 3.79. The Morgan fingerprint density at radius 1 is 1.41 bits per heavy atom. The van der Waals surface area contributed by atoms with Crippen LogP contribution >= 0.6 is 0 Å². The number of nitrogens with two attached hydrogens (primary N) is 1. The molecule has 0 spiro atoms. The van der Waals surface area contributed by atoms with E-state index in [1.54, 1.807) is 0 Å². The zero-order valence-electron chi connectivity index (χ0n) is 13.1. The number of carbonyl (C=O) groups is 1. The molecule has 1 fully saturated rings. The molecule has 0 aromatic heterocycles. The first kappa shape index (κ1) is 16.8. The standard InChI is InChI=1S/C17H26N2O3/c18-16-7-2-1-5-14(16)8-9-17(20)19-10-4-11-21-13-15-6-3-12-22-15/h1-2,5,7,15H,3-4,6,8-13,18H2,(H,19,20). The van der Waals surface area contributed by atoms with Crippen LogP contribution in [-0.4, -0.2) is 38.4 Å². The number of amides is 1. The van der Waals surface area contributed by atoms with E-state index < -0.39 is 0 Å². The summed E-state index contributed by atoms with van der Waals surface area (Å²) in [6.07, 6.45) is 4.46. The molecule has 0 saturated carbocycles. The summed E-state index contributed by atoms with van der Waals surface area (Å²) < 4.78 is 11.0. The minimum atomic E-state index is 0.0578. The normalized spacial score (nSPS) is 17.5. The summed E-state index contributed by atoms with van der Waals surface area (Å²) in [7, 11) is 0. The SMILES string of the molecule is Nc1ccccc1CCC(=O)NCCCOCC1CCCO1. The van der Waals surface area contributed by atoms with Crippen molar-refractivity contribution in [2.45, 2.75) is 38.2 Å². The Balaban J connectivity index is 1.48. The van der Waals surface area contributed by atoms with Crippen molar-refractivity contribution in [3.05, 3.63) is 29.8 Å². The molecule has 2 rings (SSSR count). The van der Waals surface area contributed by atoms with Crippen molar-refractivity contribution in [3.8, 4) is 0 Å². The molecule has 1 heterocycles. The summed E-state index contributed by atoms with van der Waals surface area (Å²) in [4.78, 5) is 11.8. The Morgan fingerprint density at radius 2 is 2.27 bits per heavy atom. The van der Waals surface area contributed by atoms with Crippen molar-refractivity contribution in [1.29, 1.82) is 0 Å². The summed E-state index contributed by atoms with van der Waals surface area (Å²) in [5.41, 5.74) is 7.63. The van der Waals surface area contributed by atoms with Gasteiger partial charge in [0.1, 0.15) is 0 Å². The maximum atomic E-state index is 11.8. The number of aryl methyl sites for hydroxylation is 1. The highest BCUT2D eigenvalue weighted by Crippen LogP contribution is 2.13. The summed E-state index contributed by atoms with van der Waals surface area (Å²) >= 11 is 0. The molecule has 1 aromatic carbocycles. The third kappa shape index (κ3) is 6.03. The fourth-order valence-electron chi connectivity index (χ4n) is 2.49. The fourth-order valence-corrected chi connectivity index (χ4v) is 2.49. The van der Waals surface area contributed by atoms with E-state index in [9.17, 15) is 4.79 Å². The number of carbonyl (C=O) groups excluding carboxylic acids is 1. The van der Waals surface area contributed by atoms with Crippen LogP contribution in [0.25, 0.3) is 0 Å². The zero-order valence-corrected chi connectivity index (χ0v) is 13.1. The van der Waals surface area contributed by atoms with E-state index in [1.807, 2.05) is 24.3 Å². The van der Waals surface area contributed by atoms with Gasteiger partial charge in [0.2, 0.25) is 5.91 Å². The highest BCUT2D eigenvalue weighted by Gasteiger charge is 2.14. The molecule has 122 valence electrons. The molecule has 22 heavy (non-hydrogen) atoms. The monoisotopic (exact) mass is 306 g/mol. The minimum absolute atomic E-state index is 0.0578. The number of hydrogen-bond acceptors (Lipinski definition) is 4. The van der Waals surface area contributed by atoms with Gasteiger partial charge >= 0.3 is 0 Å². The van der Waals surface area contributed by atoms with Crippen LogP contribution in [0.1, 0.15) is 31.2 Å². The summed E-state index contributed by atoms with van der Waals surface area (Å²) in [6, 6.07) is 7.66. The molecule has 0 radical (unpaired) electrons. The van der Waals surface area contributed by atoms with Gasteiger partial charge in [-0.2, -0.15) is 0 Å². The molecule has 1 aliphatic heterocycles. The smallest absolute Gasteiger partial charge is 0.220 e. The van der Waals surface area contributed by atoms with Crippen molar-refractivity contribution < 1.29 is 14.3 Å². The van der Waals surface area contributed by atoms with Gasteiger partial charge in [0.05, 0.1) is 12.7 Å². The number of benzene rings is 1. The third-order valence-electron chi connectivity index (χ3n) is 3.79. The Bertz CT molecular complexity index is 459. The molecular formula is C17H26N2O3. The van der Waals surface area contributed by atoms with Gasteiger partial charge in [0.25, 0.3) is 0 Å². The van der Waals surface area contributed by atoms with Crippen LogP contribution in [0.2, 0.25) is 0 Å². The van der Waals surface area contributed by atoms with Gasteiger partial charge in [-0.25, -0.2) is 0 Å². The van der Waals surface area contributed by atoms with Gasteiger partial charge in [-0.3, -0.25) is 4.79 Å². The predicted octanol–water partition coefficient (Wildman–Crippen LogP) is 1.90. The van der Waals surface area contributed by atoms with Gasteiger partial charge in [0.15, 0.2) is 0 Å². The second-order valence-electron chi connectivity index (χ2n) is 5.61. The van der Waals surface area contributed by atoms with E-state index in [0.717, 1.165) is 37.1 Å². The van der Waals surface area contributed by atoms with Crippen molar-refractivity contribution in [3.63, 3.8) is 0 Å². The zero-order chi connectivity index (χ0) is 15.6. The molecule has 5 nitrogen and oxygen atoms in total. The highest BCUT2D eigenvalue weighted by atomic mass is 16.5. The van der Waals surface area contributed by atoms with Gasteiger partial charge in [-0.1, -0.05) is 18.2 Å². The number of anilines is 1. The predicted molar refractivity (Wildman–Crippen MR) is 86.6 cm³/mol. The summed E-state index contributed by atoms with van der Waals surface area (Å²) in [5, 5.41) is 2.91.